The van der Waals surface area contributed by atoms with Gasteiger partial charge in [-0.1, -0.05) is 18.2 Å². The molecule has 4 aromatic rings. The first kappa shape index (κ1) is 21.8. The van der Waals surface area contributed by atoms with Crippen molar-refractivity contribution in [2.24, 2.45) is 5.92 Å². The van der Waals surface area contributed by atoms with Crippen molar-refractivity contribution in [3.8, 4) is 16.8 Å². The molecule has 9 nitrogen and oxygen atoms in total. The number of carbonyl (C=O) groups excluding carboxylic acids is 1. The lowest BCUT2D eigenvalue weighted by molar-refractivity contribution is -0.142. The summed E-state index contributed by atoms with van der Waals surface area (Å²) in [6, 6.07) is 7.99. The molecule has 3 aromatic heterocycles. The van der Waals surface area contributed by atoms with E-state index in [4.69, 9.17) is 10.7 Å². The number of carbonyl (C=O) groups is 2. The summed E-state index contributed by atoms with van der Waals surface area (Å²) in [5.74, 6) is -1.07. The summed E-state index contributed by atoms with van der Waals surface area (Å²) in [6.45, 7) is 3.51. The topological polar surface area (TPSA) is 128 Å². The van der Waals surface area contributed by atoms with Gasteiger partial charge in [-0.3, -0.25) is 9.59 Å². The number of hydrogen-bond donors (Lipinski definition) is 2. The molecule has 1 aliphatic rings. The molecule has 174 valence electrons. The predicted octanol–water partition coefficient (Wildman–Crippen LogP) is 4.03. The smallest absolute Gasteiger partial charge is 0.306 e. The van der Waals surface area contributed by atoms with E-state index in [0.29, 0.717) is 42.6 Å². The van der Waals surface area contributed by atoms with Crippen molar-refractivity contribution in [1.82, 2.24) is 24.4 Å². The highest BCUT2D eigenvalue weighted by Gasteiger charge is 2.31. The number of carboxylic acids is 1. The number of benzene rings is 1. The second-order valence-corrected chi connectivity index (χ2v) is 8.95. The van der Waals surface area contributed by atoms with Gasteiger partial charge in [0.1, 0.15) is 5.82 Å². The van der Waals surface area contributed by atoms with Crippen molar-refractivity contribution < 1.29 is 14.7 Å². The highest BCUT2D eigenvalue weighted by molar-refractivity contribution is 6.00. The molecule has 0 spiro atoms. The maximum Gasteiger partial charge on any atom is 0.306 e. The van der Waals surface area contributed by atoms with Crippen LogP contribution in [0, 0.1) is 12.8 Å². The van der Waals surface area contributed by atoms with Crippen molar-refractivity contribution in [3.05, 3.63) is 59.7 Å². The van der Waals surface area contributed by atoms with Crippen LogP contribution in [0.25, 0.3) is 22.5 Å². The summed E-state index contributed by atoms with van der Waals surface area (Å²) in [7, 11) is 0. The van der Waals surface area contributed by atoms with Gasteiger partial charge in [0.25, 0.3) is 0 Å². The molecule has 1 aromatic carbocycles. The largest absolute Gasteiger partial charge is 0.481 e. The summed E-state index contributed by atoms with van der Waals surface area (Å²) in [5, 5.41) is 18.3. The lowest BCUT2D eigenvalue weighted by atomic mass is 9.79. The normalized spacial score (nSPS) is 18.3. The number of aryl methyl sites for hydroxylation is 1. The van der Waals surface area contributed by atoms with Gasteiger partial charge in [0, 0.05) is 23.2 Å². The number of anilines is 1. The van der Waals surface area contributed by atoms with Gasteiger partial charge in [0.15, 0.2) is 11.4 Å². The number of fused-ring (bicyclic) bond motifs is 1. The number of hydrogen-bond acceptors (Lipinski definition) is 6. The lowest BCUT2D eigenvalue weighted by Gasteiger charge is -2.27. The van der Waals surface area contributed by atoms with Crippen LogP contribution in [0.15, 0.2) is 42.9 Å². The summed E-state index contributed by atoms with van der Waals surface area (Å²) < 4.78 is 3.32. The van der Waals surface area contributed by atoms with Crippen LogP contribution in [0.3, 0.4) is 0 Å². The molecule has 0 unspecified atom stereocenters. The number of nitrogen functional groups attached to an aromatic ring is 1. The first-order valence-electron chi connectivity index (χ1n) is 11.4. The van der Waals surface area contributed by atoms with Crippen molar-refractivity contribution in [3.63, 3.8) is 0 Å². The van der Waals surface area contributed by atoms with Crippen LogP contribution >= 0.6 is 0 Å². The standard InChI is InChI=1S/C25H26N6O3/c1-14-5-3-4-6-20(14)30-13-18(11-27-30)19-12-28-31-23(26)21(15(2)32)22(29-24(19)31)16-7-9-17(10-8-16)25(33)34/h3-6,11-13,16-17H,7-10,26H2,1-2H3,(H,33,34)/t16-,17-. The van der Waals surface area contributed by atoms with E-state index in [1.807, 2.05) is 42.1 Å². The monoisotopic (exact) mass is 458 g/mol. The zero-order valence-electron chi connectivity index (χ0n) is 19.1. The molecule has 34 heavy (non-hydrogen) atoms. The molecule has 1 saturated carbocycles. The van der Waals surface area contributed by atoms with E-state index in [0.717, 1.165) is 22.4 Å². The molecule has 0 aliphatic heterocycles. The number of para-hydroxylation sites is 1. The molecule has 0 saturated heterocycles. The summed E-state index contributed by atoms with van der Waals surface area (Å²) in [5.41, 5.74) is 11.7. The summed E-state index contributed by atoms with van der Waals surface area (Å²) >= 11 is 0. The molecule has 0 atom stereocenters. The minimum atomic E-state index is -0.767. The Hall–Kier alpha value is -4.01. The Labute approximate surface area is 196 Å². The molecule has 3 heterocycles. The van der Waals surface area contributed by atoms with Gasteiger partial charge in [-0.15, -0.1) is 0 Å². The average molecular weight is 459 g/mol. The first-order chi connectivity index (χ1) is 16.3. The molecule has 0 amide bonds. The Morgan fingerprint density at radius 1 is 1.09 bits per heavy atom. The summed E-state index contributed by atoms with van der Waals surface area (Å²) in [6.07, 6.45) is 7.78. The molecule has 9 heteroatoms. The van der Waals surface area contributed by atoms with Crippen LogP contribution in [0.2, 0.25) is 0 Å². The number of Topliss-reactive ketones (excluding diaryl/α,β-unsaturated/α-hetero) is 1. The van der Waals surface area contributed by atoms with Crippen LogP contribution in [0.4, 0.5) is 5.82 Å². The fourth-order valence-corrected chi connectivity index (χ4v) is 4.92. The Morgan fingerprint density at radius 2 is 1.82 bits per heavy atom. The van der Waals surface area contributed by atoms with Gasteiger partial charge >= 0.3 is 5.97 Å². The van der Waals surface area contributed by atoms with Crippen LogP contribution < -0.4 is 5.73 Å². The van der Waals surface area contributed by atoms with Crippen LogP contribution in [0.5, 0.6) is 0 Å². The molecule has 3 N–H and O–H groups in total. The molecular weight excluding hydrogens is 432 g/mol. The van der Waals surface area contributed by atoms with E-state index in [2.05, 4.69) is 10.2 Å². The average Bonchev–Trinajstić information content (AvgIpc) is 3.46. The van der Waals surface area contributed by atoms with Crippen LogP contribution in [0.1, 0.15) is 60.1 Å². The number of nitrogens with zero attached hydrogens (tertiary/aromatic N) is 5. The van der Waals surface area contributed by atoms with E-state index in [1.165, 1.54) is 11.4 Å². The zero-order valence-corrected chi connectivity index (χ0v) is 19.1. The number of ketones is 1. The maximum absolute atomic E-state index is 12.5. The molecular formula is C25H26N6O3. The Morgan fingerprint density at radius 3 is 2.50 bits per heavy atom. The maximum atomic E-state index is 12.5. The minimum absolute atomic E-state index is 0.0285. The van der Waals surface area contributed by atoms with E-state index in [-0.39, 0.29) is 23.4 Å². The predicted molar refractivity (Wildman–Crippen MR) is 127 cm³/mol. The number of aromatic nitrogens is 5. The Kier molecular flexibility index (Phi) is 5.39. The SMILES string of the molecule is CC(=O)c1c(N)n2ncc(-c3cnn(-c4ccccc4C)c3)c2nc1[C@H]1CC[C@H](C(=O)O)CC1. The third-order valence-corrected chi connectivity index (χ3v) is 6.78. The second kappa shape index (κ2) is 8.40. The van der Waals surface area contributed by atoms with Crippen molar-refractivity contribution in [1.29, 1.82) is 0 Å². The summed E-state index contributed by atoms with van der Waals surface area (Å²) in [4.78, 5) is 28.8. The molecule has 0 radical (unpaired) electrons. The first-order valence-corrected chi connectivity index (χ1v) is 11.4. The molecule has 1 fully saturated rings. The molecule has 0 bridgehead atoms. The number of rotatable bonds is 5. The van der Waals surface area contributed by atoms with E-state index < -0.39 is 5.97 Å². The van der Waals surface area contributed by atoms with Gasteiger partial charge in [-0.25, -0.2) is 9.67 Å². The fraction of sp³-hybridized carbons (Fsp3) is 0.320. The number of aliphatic carboxylic acids is 1. The Bertz CT molecular complexity index is 1410. The lowest BCUT2D eigenvalue weighted by Crippen LogP contribution is -2.23. The van der Waals surface area contributed by atoms with Crippen LogP contribution in [-0.4, -0.2) is 41.2 Å². The van der Waals surface area contributed by atoms with Gasteiger partial charge in [0.05, 0.1) is 35.3 Å². The van der Waals surface area contributed by atoms with Gasteiger partial charge in [-0.05, 0) is 51.2 Å². The van der Waals surface area contributed by atoms with Crippen LogP contribution in [-0.2, 0) is 4.79 Å². The van der Waals surface area contributed by atoms with E-state index in [1.54, 1.807) is 12.4 Å². The zero-order chi connectivity index (χ0) is 24.0. The quantitative estimate of drug-likeness (QED) is 0.432. The Balaban J connectivity index is 1.59. The van der Waals surface area contributed by atoms with Crippen molar-refractivity contribution >= 4 is 23.2 Å². The minimum Gasteiger partial charge on any atom is -0.481 e. The van der Waals surface area contributed by atoms with E-state index in [9.17, 15) is 14.7 Å². The fourth-order valence-electron chi connectivity index (χ4n) is 4.92. The van der Waals surface area contributed by atoms with Crippen molar-refractivity contribution in [2.75, 3.05) is 5.73 Å². The third-order valence-electron chi connectivity index (χ3n) is 6.78. The van der Waals surface area contributed by atoms with Gasteiger partial charge in [0.2, 0.25) is 0 Å². The van der Waals surface area contributed by atoms with E-state index >= 15 is 0 Å². The third kappa shape index (κ3) is 3.63. The highest BCUT2D eigenvalue weighted by atomic mass is 16.4. The molecule has 5 rings (SSSR count). The molecule has 1 aliphatic carbocycles. The number of nitrogens with two attached hydrogens (primary N) is 1. The number of carboxylic acid groups (broad SMARTS) is 1. The highest BCUT2D eigenvalue weighted by Crippen LogP contribution is 2.39. The van der Waals surface area contributed by atoms with Gasteiger partial charge in [-0.2, -0.15) is 14.7 Å². The van der Waals surface area contributed by atoms with Crippen molar-refractivity contribution in [2.45, 2.75) is 45.4 Å². The van der Waals surface area contributed by atoms with Gasteiger partial charge < -0.3 is 10.8 Å². The second-order valence-electron chi connectivity index (χ2n) is 8.95.